The molecule has 0 atom stereocenters. The van der Waals surface area contributed by atoms with Crippen LogP contribution in [0.2, 0.25) is 0 Å². The number of hydrogen-bond acceptors (Lipinski definition) is 6. The second-order valence-corrected chi connectivity index (χ2v) is 8.78. The first-order chi connectivity index (χ1) is 18.0. The Morgan fingerprint density at radius 2 is 2.05 bits per heavy atom. The van der Waals surface area contributed by atoms with E-state index in [1.165, 1.54) is 18.7 Å². The number of halogens is 1. The highest BCUT2D eigenvalue weighted by Crippen LogP contribution is 2.31. The van der Waals surface area contributed by atoms with Crippen molar-refractivity contribution in [2.24, 2.45) is 16.6 Å². The lowest BCUT2D eigenvalue weighted by molar-refractivity contribution is -0.111. The van der Waals surface area contributed by atoms with Gasteiger partial charge in [0.2, 0.25) is 0 Å². The molecule has 0 saturated heterocycles. The molecule has 0 spiro atoms. The van der Waals surface area contributed by atoms with Crippen LogP contribution in [0.4, 0.5) is 27.4 Å². The van der Waals surface area contributed by atoms with Gasteiger partial charge in [0, 0.05) is 17.8 Å². The molecular formula is C28H24FN7O. The maximum atomic E-state index is 15.5. The minimum absolute atomic E-state index is 0.0302. The van der Waals surface area contributed by atoms with Gasteiger partial charge in [-0.15, -0.1) is 0 Å². The Bertz CT molecular complexity index is 1590. The van der Waals surface area contributed by atoms with Crippen LogP contribution in [0.5, 0.6) is 0 Å². The zero-order valence-corrected chi connectivity index (χ0v) is 20.1. The number of rotatable bonds is 6. The molecule has 0 bridgehead atoms. The van der Waals surface area contributed by atoms with Gasteiger partial charge in [-0.25, -0.2) is 24.3 Å². The summed E-state index contributed by atoms with van der Waals surface area (Å²) in [4.78, 5) is 28.8. The van der Waals surface area contributed by atoms with Crippen molar-refractivity contribution in [1.29, 1.82) is 0 Å². The molecule has 184 valence electrons. The minimum Gasteiger partial charge on any atom is -0.390 e. The van der Waals surface area contributed by atoms with E-state index in [-0.39, 0.29) is 17.0 Å². The van der Waals surface area contributed by atoms with Gasteiger partial charge in [0.15, 0.2) is 11.6 Å². The number of aryl methyl sites for hydroxylation is 1. The molecule has 2 heterocycles. The van der Waals surface area contributed by atoms with Crippen molar-refractivity contribution in [2.75, 3.05) is 10.6 Å². The molecule has 0 unspecified atom stereocenters. The molecule has 1 fully saturated rings. The lowest BCUT2D eigenvalue weighted by Gasteiger charge is -2.13. The molecule has 1 saturated carbocycles. The Balaban J connectivity index is 1.38. The topological polar surface area (TPSA) is 118 Å². The van der Waals surface area contributed by atoms with Crippen molar-refractivity contribution in [3.05, 3.63) is 77.5 Å². The van der Waals surface area contributed by atoms with Gasteiger partial charge >= 0.3 is 0 Å². The van der Waals surface area contributed by atoms with Gasteiger partial charge in [0.05, 0.1) is 22.9 Å². The van der Waals surface area contributed by atoms with Crippen molar-refractivity contribution in [1.82, 2.24) is 15.0 Å². The maximum Gasteiger partial charge on any atom is 0.300 e. The number of nitrogens with zero attached hydrogens (tertiary/aromatic N) is 4. The standard InChI is InChI=1S/C28H24FN7O/c1-17-12-21(6-5-20(17)13-19-10-11-31-24(14-19)32-15-30)35-28-26-22(33-16-34-28)7-8-23(27(26)29)36-25(37)9-4-18-2-3-18/h5-8,10-12,14-16,18H,2-3,13H2,1H3,(H,36,37)(H2,30,31,32)(H,33,34,35). The third-order valence-corrected chi connectivity index (χ3v) is 5.97. The summed E-state index contributed by atoms with van der Waals surface area (Å²) < 4.78 is 15.5. The number of aliphatic imine (C=N–C) groups is 1. The van der Waals surface area contributed by atoms with Crippen LogP contribution in [-0.4, -0.2) is 27.2 Å². The summed E-state index contributed by atoms with van der Waals surface area (Å²) in [6.45, 7) is 2.01. The normalized spacial score (nSPS) is 12.8. The number of pyridine rings is 1. The molecule has 2 aromatic carbocycles. The van der Waals surface area contributed by atoms with Crippen molar-refractivity contribution >= 4 is 46.2 Å². The first-order valence-electron chi connectivity index (χ1n) is 11.8. The lowest BCUT2D eigenvalue weighted by Crippen LogP contribution is -2.10. The summed E-state index contributed by atoms with van der Waals surface area (Å²) in [6, 6.07) is 12.8. The fourth-order valence-corrected chi connectivity index (χ4v) is 3.90. The zero-order valence-electron chi connectivity index (χ0n) is 20.1. The number of carbonyl (C=O) groups is 1. The summed E-state index contributed by atoms with van der Waals surface area (Å²) in [5, 5.41) is 5.92. The predicted octanol–water partition coefficient (Wildman–Crippen LogP) is 4.78. The molecule has 4 N–H and O–H groups in total. The molecule has 1 aliphatic rings. The summed E-state index contributed by atoms with van der Waals surface area (Å²) >= 11 is 0. The van der Waals surface area contributed by atoms with E-state index in [0.717, 1.165) is 35.2 Å². The number of nitrogens with one attached hydrogen (secondary N) is 2. The second kappa shape index (κ2) is 10.4. The van der Waals surface area contributed by atoms with E-state index in [2.05, 4.69) is 42.4 Å². The molecule has 2 aromatic heterocycles. The van der Waals surface area contributed by atoms with Gasteiger partial charge < -0.3 is 16.4 Å². The minimum atomic E-state index is -0.621. The van der Waals surface area contributed by atoms with E-state index in [4.69, 9.17) is 5.73 Å². The number of aromatic nitrogens is 3. The summed E-state index contributed by atoms with van der Waals surface area (Å²) in [5.74, 6) is 5.37. The number of carbonyl (C=O) groups excluding carboxylic acids is 1. The van der Waals surface area contributed by atoms with E-state index in [1.54, 1.807) is 12.3 Å². The Morgan fingerprint density at radius 1 is 1.19 bits per heavy atom. The van der Waals surface area contributed by atoms with Gasteiger partial charge in [-0.05, 0) is 85.2 Å². The van der Waals surface area contributed by atoms with Gasteiger partial charge in [-0.2, -0.15) is 0 Å². The quantitative estimate of drug-likeness (QED) is 0.202. The largest absolute Gasteiger partial charge is 0.390 e. The fourth-order valence-electron chi connectivity index (χ4n) is 3.90. The van der Waals surface area contributed by atoms with E-state index >= 15 is 4.39 Å². The summed E-state index contributed by atoms with van der Waals surface area (Å²) in [6.07, 6.45) is 7.00. The number of fused-ring (bicyclic) bond motifs is 1. The van der Waals surface area contributed by atoms with Crippen LogP contribution in [0.3, 0.4) is 0 Å². The molecule has 37 heavy (non-hydrogen) atoms. The van der Waals surface area contributed by atoms with Crippen LogP contribution in [0.25, 0.3) is 10.9 Å². The SMILES string of the molecule is Cc1cc(Nc2ncnc3ccc(NC(=O)C#CC4CC4)c(F)c23)ccc1Cc1ccnc(N=CN)c1. The number of hydrogen-bond donors (Lipinski definition) is 3. The molecular weight excluding hydrogens is 469 g/mol. The average molecular weight is 494 g/mol. The van der Waals surface area contributed by atoms with Gasteiger partial charge in [-0.3, -0.25) is 4.79 Å². The van der Waals surface area contributed by atoms with Crippen LogP contribution in [0, 0.1) is 30.5 Å². The van der Waals surface area contributed by atoms with Crippen molar-refractivity contribution < 1.29 is 9.18 Å². The van der Waals surface area contributed by atoms with Crippen molar-refractivity contribution in [3.63, 3.8) is 0 Å². The van der Waals surface area contributed by atoms with Crippen LogP contribution in [0.15, 0.2) is 60.0 Å². The molecule has 8 nitrogen and oxygen atoms in total. The zero-order chi connectivity index (χ0) is 25.8. The number of benzene rings is 2. The third-order valence-electron chi connectivity index (χ3n) is 5.97. The monoisotopic (exact) mass is 493 g/mol. The predicted molar refractivity (Wildman–Crippen MR) is 142 cm³/mol. The maximum absolute atomic E-state index is 15.5. The highest BCUT2D eigenvalue weighted by molar-refractivity contribution is 6.05. The van der Waals surface area contributed by atoms with Gasteiger partial charge in [0.25, 0.3) is 5.91 Å². The smallest absolute Gasteiger partial charge is 0.300 e. The van der Waals surface area contributed by atoms with E-state index < -0.39 is 11.7 Å². The van der Waals surface area contributed by atoms with Crippen LogP contribution in [-0.2, 0) is 11.2 Å². The van der Waals surface area contributed by atoms with Crippen LogP contribution >= 0.6 is 0 Å². The first-order valence-corrected chi connectivity index (χ1v) is 11.8. The van der Waals surface area contributed by atoms with E-state index in [1.807, 2.05) is 37.3 Å². The summed E-state index contributed by atoms with van der Waals surface area (Å²) in [5.41, 5.74) is 9.78. The number of anilines is 3. The van der Waals surface area contributed by atoms with Gasteiger partial charge in [-0.1, -0.05) is 12.0 Å². The lowest BCUT2D eigenvalue weighted by atomic mass is 10.0. The number of nitrogens with two attached hydrogens (primary N) is 1. The van der Waals surface area contributed by atoms with E-state index in [0.29, 0.717) is 23.6 Å². The fraction of sp³-hybridized carbons (Fsp3) is 0.179. The Kier molecular flexibility index (Phi) is 6.72. The van der Waals surface area contributed by atoms with Crippen LogP contribution in [0.1, 0.15) is 29.5 Å². The third kappa shape index (κ3) is 5.70. The Labute approximate surface area is 213 Å². The summed E-state index contributed by atoms with van der Waals surface area (Å²) in [7, 11) is 0. The molecule has 5 rings (SSSR count). The molecule has 0 aliphatic heterocycles. The molecule has 0 radical (unpaired) electrons. The number of amides is 1. The highest BCUT2D eigenvalue weighted by Gasteiger charge is 2.19. The van der Waals surface area contributed by atoms with Gasteiger partial charge in [0.1, 0.15) is 12.1 Å². The van der Waals surface area contributed by atoms with Crippen molar-refractivity contribution in [3.8, 4) is 11.8 Å². The molecule has 9 heteroatoms. The van der Waals surface area contributed by atoms with E-state index in [9.17, 15) is 4.79 Å². The first kappa shape index (κ1) is 23.9. The Morgan fingerprint density at radius 3 is 2.84 bits per heavy atom. The molecule has 1 amide bonds. The molecule has 4 aromatic rings. The average Bonchev–Trinajstić information content (AvgIpc) is 3.71. The second-order valence-electron chi connectivity index (χ2n) is 8.78. The van der Waals surface area contributed by atoms with Crippen molar-refractivity contribution in [2.45, 2.75) is 26.2 Å². The highest BCUT2D eigenvalue weighted by atomic mass is 19.1. The Hall–Kier alpha value is -4.84. The van der Waals surface area contributed by atoms with Crippen LogP contribution < -0.4 is 16.4 Å². The molecule has 1 aliphatic carbocycles.